The standard InChI is InChI=1S/C23H29N3O2/c1-26-9-8-20-18(12-26)21(17-4-2-3-5-19(17)24-20)23(28)25-22-15-6-7-16(22)11-14(10-15)13-27/h2-5,14-16,22,27H,6-13H2,1H3,(H,25,28)/t14?,15-,16+,22?. The van der Waals surface area contributed by atoms with Crippen molar-refractivity contribution in [3.8, 4) is 0 Å². The lowest BCUT2D eigenvalue weighted by atomic mass is 9.77. The molecule has 1 amide bonds. The van der Waals surface area contributed by atoms with Crippen LogP contribution in [0.3, 0.4) is 0 Å². The average molecular weight is 380 g/mol. The normalized spacial score (nSPS) is 29.6. The van der Waals surface area contributed by atoms with Crippen LogP contribution < -0.4 is 5.32 Å². The molecule has 0 saturated heterocycles. The number of aromatic nitrogens is 1. The Bertz CT molecular complexity index is 898. The zero-order valence-electron chi connectivity index (χ0n) is 16.5. The maximum Gasteiger partial charge on any atom is 0.252 e. The SMILES string of the molecule is CN1CCc2nc3ccccc3c(C(=O)NC3[C@@H]4CC[C@H]3CC(CO)C4)c2C1. The summed E-state index contributed by atoms with van der Waals surface area (Å²) >= 11 is 0. The zero-order chi connectivity index (χ0) is 19.3. The molecular weight excluding hydrogens is 350 g/mol. The molecule has 3 aliphatic rings. The number of aliphatic hydroxyl groups excluding tert-OH is 1. The monoisotopic (exact) mass is 379 g/mol. The van der Waals surface area contributed by atoms with E-state index in [0.29, 0.717) is 17.8 Å². The molecule has 2 aromatic rings. The lowest BCUT2D eigenvalue weighted by Gasteiger charge is -2.35. The number of para-hydroxylation sites is 1. The first-order valence-electron chi connectivity index (χ1n) is 10.6. The molecular formula is C23H29N3O2. The number of likely N-dealkylation sites (N-methyl/N-ethyl adjacent to an activating group) is 1. The number of nitrogens with one attached hydrogen (secondary N) is 1. The van der Waals surface area contributed by atoms with E-state index in [1.165, 1.54) is 12.8 Å². The van der Waals surface area contributed by atoms with Crippen LogP contribution in [0.25, 0.3) is 10.9 Å². The van der Waals surface area contributed by atoms with Crippen LogP contribution in [0.4, 0.5) is 0 Å². The third-order valence-corrected chi connectivity index (χ3v) is 7.22. The second-order valence-corrected chi connectivity index (χ2v) is 9.03. The summed E-state index contributed by atoms with van der Waals surface area (Å²) in [4.78, 5) is 20.7. The number of fused-ring (bicyclic) bond motifs is 4. The second kappa shape index (κ2) is 7.12. The van der Waals surface area contributed by atoms with Crippen LogP contribution in [-0.2, 0) is 13.0 Å². The first-order chi connectivity index (χ1) is 13.6. The average Bonchev–Trinajstić information content (AvgIpc) is 2.93. The van der Waals surface area contributed by atoms with Crippen molar-refractivity contribution in [2.75, 3.05) is 20.2 Å². The Balaban J connectivity index is 1.50. The lowest BCUT2D eigenvalue weighted by molar-refractivity contribution is 0.0848. The third-order valence-electron chi connectivity index (χ3n) is 7.22. The van der Waals surface area contributed by atoms with Crippen molar-refractivity contribution in [1.29, 1.82) is 0 Å². The fourth-order valence-electron chi connectivity index (χ4n) is 5.85. The number of carbonyl (C=O) groups excluding carboxylic acids is 1. The van der Waals surface area contributed by atoms with Gasteiger partial charge in [0, 0.05) is 48.8 Å². The molecule has 148 valence electrons. The fraction of sp³-hybridized carbons (Fsp3) is 0.565. The van der Waals surface area contributed by atoms with Crippen LogP contribution in [0.2, 0.25) is 0 Å². The molecule has 5 rings (SSSR count). The maximum absolute atomic E-state index is 13.6. The van der Waals surface area contributed by atoms with Gasteiger partial charge in [0.2, 0.25) is 0 Å². The molecule has 2 fully saturated rings. The van der Waals surface area contributed by atoms with E-state index in [4.69, 9.17) is 4.98 Å². The number of pyridine rings is 1. The topological polar surface area (TPSA) is 65.5 Å². The maximum atomic E-state index is 13.6. The summed E-state index contributed by atoms with van der Waals surface area (Å²) in [7, 11) is 2.11. The Morgan fingerprint density at radius 1 is 1.25 bits per heavy atom. The Hall–Kier alpha value is -1.98. The van der Waals surface area contributed by atoms with Crippen molar-refractivity contribution in [1.82, 2.24) is 15.2 Å². The highest BCUT2D eigenvalue weighted by Gasteiger charge is 2.43. The van der Waals surface area contributed by atoms with Crippen LogP contribution in [0.1, 0.15) is 47.3 Å². The molecule has 4 atom stereocenters. The van der Waals surface area contributed by atoms with E-state index in [0.717, 1.165) is 60.1 Å². The number of benzene rings is 1. The van der Waals surface area contributed by atoms with Crippen LogP contribution in [0.15, 0.2) is 24.3 Å². The van der Waals surface area contributed by atoms with Crippen molar-refractivity contribution in [2.45, 2.75) is 44.7 Å². The van der Waals surface area contributed by atoms with Crippen molar-refractivity contribution < 1.29 is 9.90 Å². The van der Waals surface area contributed by atoms with Crippen LogP contribution in [-0.4, -0.2) is 47.1 Å². The van der Waals surface area contributed by atoms with Crippen molar-refractivity contribution in [3.63, 3.8) is 0 Å². The number of amides is 1. The summed E-state index contributed by atoms with van der Waals surface area (Å²) in [5.41, 5.74) is 3.92. The highest BCUT2D eigenvalue weighted by molar-refractivity contribution is 6.07. The first-order valence-corrected chi connectivity index (χ1v) is 10.6. The van der Waals surface area contributed by atoms with Gasteiger partial charge < -0.3 is 15.3 Å². The van der Waals surface area contributed by atoms with Crippen LogP contribution >= 0.6 is 0 Å². The number of aliphatic hydroxyl groups is 1. The molecule has 5 nitrogen and oxygen atoms in total. The Morgan fingerprint density at radius 2 is 2.00 bits per heavy atom. The summed E-state index contributed by atoms with van der Waals surface area (Å²) in [6.07, 6.45) is 5.31. The molecule has 2 bridgehead atoms. The first kappa shape index (κ1) is 18.1. The third kappa shape index (κ3) is 3.01. The predicted molar refractivity (Wildman–Crippen MR) is 109 cm³/mol. The molecule has 1 aliphatic heterocycles. The summed E-state index contributed by atoms with van der Waals surface area (Å²) in [6, 6.07) is 8.29. The Labute approximate surface area is 166 Å². The second-order valence-electron chi connectivity index (χ2n) is 9.03. The zero-order valence-corrected chi connectivity index (χ0v) is 16.5. The van der Waals surface area contributed by atoms with E-state index in [9.17, 15) is 9.90 Å². The quantitative estimate of drug-likeness (QED) is 0.861. The van der Waals surface area contributed by atoms with E-state index >= 15 is 0 Å². The van der Waals surface area contributed by atoms with E-state index in [1.54, 1.807) is 0 Å². The Morgan fingerprint density at radius 3 is 2.75 bits per heavy atom. The van der Waals surface area contributed by atoms with Crippen molar-refractivity contribution in [2.24, 2.45) is 17.8 Å². The van der Waals surface area contributed by atoms with Gasteiger partial charge in [0.15, 0.2) is 0 Å². The molecule has 5 heteroatoms. The van der Waals surface area contributed by atoms with Gasteiger partial charge in [-0.1, -0.05) is 18.2 Å². The molecule has 1 aromatic heterocycles. The van der Waals surface area contributed by atoms with Gasteiger partial charge in [0.25, 0.3) is 5.91 Å². The molecule has 2 heterocycles. The highest BCUT2D eigenvalue weighted by Crippen LogP contribution is 2.45. The number of carbonyl (C=O) groups is 1. The molecule has 0 spiro atoms. The number of hydrogen-bond acceptors (Lipinski definition) is 4. The van der Waals surface area contributed by atoms with Gasteiger partial charge in [-0.05, 0) is 56.6 Å². The summed E-state index contributed by atoms with van der Waals surface area (Å²) < 4.78 is 0. The minimum absolute atomic E-state index is 0.0644. The molecule has 2 saturated carbocycles. The smallest absolute Gasteiger partial charge is 0.252 e. The Kier molecular flexibility index (Phi) is 4.60. The molecule has 1 aromatic carbocycles. The predicted octanol–water partition coefficient (Wildman–Crippen LogP) is 2.75. The summed E-state index contributed by atoms with van der Waals surface area (Å²) in [5.74, 6) is 1.49. The van der Waals surface area contributed by atoms with Gasteiger partial charge in [-0.2, -0.15) is 0 Å². The van der Waals surface area contributed by atoms with E-state index in [2.05, 4.69) is 17.3 Å². The summed E-state index contributed by atoms with van der Waals surface area (Å²) in [6.45, 7) is 2.04. The van der Waals surface area contributed by atoms with E-state index in [-0.39, 0.29) is 18.6 Å². The molecule has 28 heavy (non-hydrogen) atoms. The minimum Gasteiger partial charge on any atom is -0.396 e. The van der Waals surface area contributed by atoms with Gasteiger partial charge in [-0.15, -0.1) is 0 Å². The highest BCUT2D eigenvalue weighted by atomic mass is 16.3. The van der Waals surface area contributed by atoms with Crippen LogP contribution in [0, 0.1) is 17.8 Å². The molecule has 0 radical (unpaired) electrons. The number of hydrogen-bond donors (Lipinski definition) is 2. The minimum atomic E-state index is 0.0644. The number of nitrogens with zero attached hydrogens (tertiary/aromatic N) is 2. The van der Waals surface area contributed by atoms with Crippen LogP contribution in [0.5, 0.6) is 0 Å². The van der Waals surface area contributed by atoms with Gasteiger partial charge in [-0.3, -0.25) is 9.78 Å². The fourth-order valence-corrected chi connectivity index (χ4v) is 5.85. The van der Waals surface area contributed by atoms with Gasteiger partial charge in [-0.25, -0.2) is 0 Å². The van der Waals surface area contributed by atoms with Crippen molar-refractivity contribution >= 4 is 16.8 Å². The van der Waals surface area contributed by atoms with Gasteiger partial charge in [0.05, 0.1) is 11.1 Å². The van der Waals surface area contributed by atoms with Gasteiger partial charge >= 0.3 is 0 Å². The lowest BCUT2D eigenvalue weighted by Crippen LogP contribution is -2.46. The largest absolute Gasteiger partial charge is 0.396 e. The molecule has 2 aliphatic carbocycles. The van der Waals surface area contributed by atoms with Gasteiger partial charge in [0.1, 0.15) is 0 Å². The molecule has 2 N–H and O–H groups in total. The van der Waals surface area contributed by atoms with E-state index < -0.39 is 0 Å². The summed E-state index contributed by atoms with van der Waals surface area (Å²) in [5, 5.41) is 14.0. The van der Waals surface area contributed by atoms with E-state index in [1.807, 2.05) is 24.3 Å². The van der Waals surface area contributed by atoms with Crippen molar-refractivity contribution in [3.05, 3.63) is 41.1 Å². The number of rotatable bonds is 3. The molecule has 2 unspecified atom stereocenters.